The van der Waals surface area contributed by atoms with Crippen LogP contribution in [0, 0.1) is 11.3 Å². The Kier molecular flexibility index (Phi) is 4.97. The van der Waals surface area contributed by atoms with Crippen LogP contribution in [0.25, 0.3) is 0 Å². The van der Waals surface area contributed by atoms with Crippen molar-refractivity contribution < 1.29 is 17.9 Å². The standard InChI is InChI=1S/C10H10ClN3O4S/c1-2-18-10(15)14-19(16,17)13-9-5-7(6-12)3-4-8(9)11/h3-5,13H,2H2,1H3,(H,14,15). The number of rotatable bonds is 4. The Morgan fingerprint density at radius 2 is 2.21 bits per heavy atom. The Morgan fingerprint density at radius 3 is 2.79 bits per heavy atom. The molecule has 0 bridgehead atoms. The molecule has 0 heterocycles. The Balaban J connectivity index is 2.90. The number of halogens is 1. The van der Waals surface area contributed by atoms with E-state index in [4.69, 9.17) is 16.9 Å². The van der Waals surface area contributed by atoms with Gasteiger partial charge in [0.2, 0.25) is 0 Å². The third-order valence-corrected chi connectivity index (χ3v) is 3.09. The van der Waals surface area contributed by atoms with E-state index < -0.39 is 16.3 Å². The number of anilines is 1. The largest absolute Gasteiger partial charge is 0.449 e. The maximum absolute atomic E-state index is 11.6. The molecule has 0 atom stereocenters. The molecule has 19 heavy (non-hydrogen) atoms. The van der Waals surface area contributed by atoms with Gasteiger partial charge in [-0.3, -0.25) is 4.72 Å². The highest BCUT2D eigenvalue weighted by atomic mass is 35.5. The molecule has 9 heteroatoms. The number of carbonyl (C=O) groups is 1. The van der Waals surface area contributed by atoms with E-state index in [0.717, 1.165) is 0 Å². The average Bonchev–Trinajstić information content (AvgIpc) is 2.31. The van der Waals surface area contributed by atoms with Crippen LogP contribution in [0.4, 0.5) is 10.5 Å². The first kappa shape index (κ1) is 15.1. The molecule has 1 aromatic rings. The molecule has 0 saturated heterocycles. The maximum Gasteiger partial charge on any atom is 0.422 e. The zero-order chi connectivity index (χ0) is 14.5. The summed E-state index contributed by atoms with van der Waals surface area (Å²) in [6, 6.07) is 5.87. The van der Waals surface area contributed by atoms with Crippen molar-refractivity contribution in [3.8, 4) is 6.07 Å². The summed E-state index contributed by atoms with van der Waals surface area (Å²) in [5.41, 5.74) is 0.204. The molecule has 102 valence electrons. The molecule has 0 radical (unpaired) electrons. The molecule has 0 aliphatic rings. The Morgan fingerprint density at radius 1 is 1.53 bits per heavy atom. The zero-order valence-electron chi connectivity index (χ0n) is 9.81. The molecule has 0 saturated carbocycles. The van der Waals surface area contributed by atoms with E-state index in [2.05, 4.69) is 4.74 Å². The van der Waals surface area contributed by atoms with E-state index in [9.17, 15) is 13.2 Å². The first-order valence-corrected chi connectivity index (χ1v) is 6.91. The van der Waals surface area contributed by atoms with E-state index in [1.807, 2.05) is 10.8 Å². The molecule has 0 fully saturated rings. The van der Waals surface area contributed by atoms with Gasteiger partial charge in [-0.25, -0.2) is 9.52 Å². The van der Waals surface area contributed by atoms with Gasteiger partial charge in [0, 0.05) is 0 Å². The first-order valence-electron chi connectivity index (χ1n) is 5.05. The lowest BCUT2D eigenvalue weighted by atomic mass is 10.2. The van der Waals surface area contributed by atoms with Crippen molar-refractivity contribution in [3.05, 3.63) is 28.8 Å². The highest BCUT2D eigenvalue weighted by Gasteiger charge is 2.16. The summed E-state index contributed by atoms with van der Waals surface area (Å²) in [5.74, 6) is 0. The summed E-state index contributed by atoms with van der Waals surface area (Å²) in [4.78, 5) is 11.0. The zero-order valence-corrected chi connectivity index (χ0v) is 11.4. The van der Waals surface area contributed by atoms with E-state index in [0.29, 0.717) is 0 Å². The van der Waals surface area contributed by atoms with Crippen molar-refractivity contribution in [2.45, 2.75) is 6.92 Å². The number of nitrogens with one attached hydrogen (secondary N) is 2. The minimum absolute atomic E-state index is 0.0162. The van der Waals surface area contributed by atoms with Crippen molar-refractivity contribution in [2.24, 2.45) is 0 Å². The van der Waals surface area contributed by atoms with Crippen molar-refractivity contribution in [3.63, 3.8) is 0 Å². The number of nitrogens with zero attached hydrogens (tertiary/aromatic N) is 1. The highest BCUT2D eigenvalue weighted by molar-refractivity contribution is 7.91. The molecule has 1 rings (SSSR count). The molecular weight excluding hydrogens is 294 g/mol. The monoisotopic (exact) mass is 303 g/mol. The van der Waals surface area contributed by atoms with Crippen LogP contribution >= 0.6 is 11.6 Å². The van der Waals surface area contributed by atoms with Gasteiger partial charge >= 0.3 is 16.3 Å². The molecule has 1 aromatic carbocycles. The Hall–Kier alpha value is -1.98. The van der Waals surface area contributed by atoms with Crippen molar-refractivity contribution in [2.75, 3.05) is 11.3 Å². The number of hydrogen-bond acceptors (Lipinski definition) is 5. The second kappa shape index (κ2) is 6.26. The van der Waals surface area contributed by atoms with Gasteiger partial charge in [0.15, 0.2) is 0 Å². The van der Waals surface area contributed by atoms with Gasteiger partial charge in [-0.15, -0.1) is 0 Å². The Labute approximate surface area is 115 Å². The summed E-state index contributed by atoms with van der Waals surface area (Å²) in [6.45, 7) is 1.57. The molecule has 2 N–H and O–H groups in total. The van der Waals surface area contributed by atoms with Gasteiger partial charge in [0.1, 0.15) is 0 Å². The van der Waals surface area contributed by atoms with Gasteiger partial charge in [0.05, 0.1) is 28.9 Å². The molecule has 1 amide bonds. The second-order valence-corrected chi connectivity index (χ2v) is 5.06. The fraction of sp³-hybridized carbons (Fsp3) is 0.200. The van der Waals surface area contributed by atoms with Crippen LogP contribution in [0.2, 0.25) is 5.02 Å². The second-order valence-electron chi connectivity index (χ2n) is 3.23. The number of carbonyl (C=O) groups excluding carboxylic acids is 1. The van der Waals surface area contributed by atoms with Crippen LogP contribution in [0.15, 0.2) is 18.2 Å². The summed E-state index contributed by atoms with van der Waals surface area (Å²) >= 11 is 5.78. The minimum Gasteiger partial charge on any atom is -0.449 e. The van der Waals surface area contributed by atoms with Gasteiger partial charge in [-0.2, -0.15) is 13.7 Å². The van der Waals surface area contributed by atoms with Crippen LogP contribution < -0.4 is 9.44 Å². The quantitative estimate of drug-likeness (QED) is 0.878. The van der Waals surface area contributed by atoms with Gasteiger partial charge in [-0.1, -0.05) is 11.6 Å². The lowest BCUT2D eigenvalue weighted by Crippen LogP contribution is -2.35. The van der Waals surface area contributed by atoms with Gasteiger partial charge < -0.3 is 4.74 Å². The summed E-state index contributed by atoms with van der Waals surface area (Å²) in [5, 5.41) is 8.80. The van der Waals surface area contributed by atoms with Crippen LogP contribution in [-0.4, -0.2) is 21.1 Å². The third kappa shape index (κ3) is 4.65. The smallest absolute Gasteiger partial charge is 0.422 e. The SMILES string of the molecule is CCOC(=O)NS(=O)(=O)Nc1cc(C#N)ccc1Cl. The minimum atomic E-state index is -4.17. The molecule has 0 aliphatic carbocycles. The number of amides is 1. The molecule has 0 aliphatic heterocycles. The van der Waals surface area contributed by atoms with Crippen molar-refractivity contribution in [1.82, 2.24) is 4.72 Å². The fourth-order valence-electron chi connectivity index (χ4n) is 1.11. The molecule has 0 aromatic heterocycles. The van der Waals surface area contributed by atoms with Crippen LogP contribution in [-0.2, 0) is 14.9 Å². The summed E-state index contributed by atoms with van der Waals surface area (Å²) in [7, 11) is -4.17. The Bertz CT molecular complexity index is 624. The van der Waals surface area contributed by atoms with Crippen LogP contribution in [0.5, 0.6) is 0 Å². The first-order chi connectivity index (χ1) is 8.88. The van der Waals surface area contributed by atoms with Gasteiger partial charge in [0.25, 0.3) is 0 Å². The number of ether oxygens (including phenoxy) is 1. The normalized spacial score (nSPS) is 10.4. The lowest BCUT2D eigenvalue weighted by molar-refractivity contribution is 0.159. The van der Waals surface area contributed by atoms with Crippen molar-refractivity contribution in [1.29, 1.82) is 5.26 Å². The summed E-state index contributed by atoms with van der Waals surface area (Å²) in [6.07, 6.45) is -1.11. The molecular formula is C10H10ClN3O4S. The average molecular weight is 304 g/mol. The van der Waals surface area contributed by atoms with E-state index in [1.54, 1.807) is 4.72 Å². The highest BCUT2D eigenvalue weighted by Crippen LogP contribution is 2.23. The fourth-order valence-corrected chi connectivity index (χ4v) is 2.12. The van der Waals surface area contributed by atoms with E-state index >= 15 is 0 Å². The van der Waals surface area contributed by atoms with E-state index in [1.165, 1.54) is 25.1 Å². The molecule has 0 unspecified atom stereocenters. The van der Waals surface area contributed by atoms with Crippen LogP contribution in [0.1, 0.15) is 12.5 Å². The van der Waals surface area contributed by atoms with Crippen molar-refractivity contribution >= 4 is 33.6 Å². The third-order valence-electron chi connectivity index (χ3n) is 1.83. The number of hydrogen-bond donors (Lipinski definition) is 2. The topological polar surface area (TPSA) is 108 Å². The van der Waals surface area contributed by atoms with Gasteiger partial charge in [-0.05, 0) is 25.1 Å². The van der Waals surface area contributed by atoms with Crippen LogP contribution in [0.3, 0.4) is 0 Å². The maximum atomic E-state index is 11.6. The number of benzene rings is 1. The molecule has 7 nitrogen and oxygen atoms in total. The lowest BCUT2D eigenvalue weighted by Gasteiger charge is -2.10. The number of nitriles is 1. The predicted molar refractivity (Wildman–Crippen MR) is 68.9 cm³/mol. The van der Waals surface area contributed by atoms with E-state index in [-0.39, 0.29) is 22.9 Å². The molecule has 0 spiro atoms. The predicted octanol–water partition coefficient (Wildman–Crippen LogP) is 1.61. The summed E-state index contributed by atoms with van der Waals surface area (Å²) < 4.78 is 31.2.